The maximum Gasteiger partial charge on any atom is 0.257 e. The number of hydrogen-bond donors (Lipinski definition) is 1. The zero-order chi connectivity index (χ0) is 10.9. The minimum absolute atomic E-state index is 0. The first-order valence-corrected chi connectivity index (χ1v) is 3.93. The zero-order valence-corrected chi connectivity index (χ0v) is 8.62. The minimum Gasteiger partial charge on any atom is -0.319 e. The third-order valence-electron chi connectivity index (χ3n) is 1.92. The summed E-state index contributed by atoms with van der Waals surface area (Å²) >= 11 is 0. The Bertz CT molecular complexity index is 343. The van der Waals surface area contributed by atoms with E-state index in [0.29, 0.717) is 0 Å². The van der Waals surface area contributed by atoms with Gasteiger partial charge in [-0.25, -0.2) is 17.6 Å². The van der Waals surface area contributed by atoms with Crippen molar-refractivity contribution >= 4 is 12.4 Å². The third kappa shape index (κ3) is 2.82. The van der Waals surface area contributed by atoms with Crippen LogP contribution in [-0.4, -0.2) is 6.43 Å². The second kappa shape index (κ2) is 5.32. The largest absolute Gasteiger partial charge is 0.319 e. The van der Waals surface area contributed by atoms with E-state index >= 15 is 0 Å². The highest BCUT2D eigenvalue weighted by atomic mass is 35.5. The van der Waals surface area contributed by atoms with Gasteiger partial charge in [-0.2, -0.15) is 0 Å². The predicted octanol–water partition coefficient (Wildman–Crippen LogP) is 2.96. The molecule has 15 heavy (non-hydrogen) atoms. The van der Waals surface area contributed by atoms with E-state index < -0.39 is 29.7 Å². The third-order valence-corrected chi connectivity index (χ3v) is 1.92. The van der Waals surface area contributed by atoms with Crippen molar-refractivity contribution in [3.05, 3.63) is 34.9 Å². The average molecular weight is 244 g/mol. The lowest BCUT2D eigenvalue weighted by Gasteiger charge is -2.13. The van der Waals surface area contributed by atoms with Gasteiger partial charge in [-0.05, 0) is 18.6 Å². The van der Waals surface area contributed by atoms with Crippen molar-refractivity contribution in [3.63, 3.8) is 0 Å². The lowest BCUT2D eigenvalue weighted by molar-refractivity contribution is 0.113. The monoisotopic (exact) mass is 243 g/mol. The molecule has 1 atom stereocenters. The van der Waals surface area contributed by atoms with Crippen LogP contribution in [0.5, 0.6) is 0 Å². The smallest absolute Gasteiger partial charge is 0.257 e. The molecule has 1 aromatic carbocycles. The topological polar surface area (TPSA) is 26.0 Å². The molecule has 0 aromatic heterocycles. The highest BCUT2D eigenvalue weighted by Gasteiger charge is 2.25. The molecule has 0 saturated carbocycles. The summed E-state index contributed by atoms with van der Waals surface area (Å²) in [6.07, 6.45) is -2.99. The number of aryl methyl sites for hydroxylation is 1. The number of benzene rings is 1. The van der Waals surface area contributed by atoms with Gasteiger partial charge in [-0.3, -0.25) is 0 Å². The first kappa shape index (κ1) is 14.2. The van der Waals surface area contributed by atoms with Gasteiger partial charge < -0.3 is 5.73 Å². The summed E-state index contributed by atoms with van der Waals surface area (Å²) in [5.41, 5.74) is 4.32. The van der Waals surface area contributed by atoms with Crippen LogP contribution in [0, 0.1) is 18.6 Å². The lowest BCUT2D eigenvalue weighted by atomic mass is 10.0. The van der Waals surface area contributed by atoms with Crippen LogP contribution in [0.1, 0.15) is 17.2 Å². The van der Waals surface area contributed by atoms with Crippen LogP contribution in [-0.2, 0) is 0 Å². The molecule has 0 amide bonds. The summed E-state index contributed by atoms with van der Waals surface area (Å²) < 4.78 is 50.5. The van der Waals surface area contributed by atoms with E-state index in [-0.39, 0.29) is 18.0 Å². The van der Waals surface area contributed by atoms with Crippen molar-refractivity contribution in [2.75, 3.05) is 0 Å². The Morgan fingerprint density at radius 1 is 1.20 bits per heavy atom. The Morgan fingerprint density at radius 3 is 2.20 bits per heavy atom. The van der Waals surface area contributed by atoms with Crippen molar-refractivity contribution < 1.29 is 17.6 Å². The minimum atomic E-state index is -2.99. The van der Waals surface area contributed by atoms with Gasteiger partial charge in [0.15, 0.2) is 0 Å². The standard InChI is InChI=1S/C9H9F4N.ClH/c1-4-2-3-5(10)6(7(4)11)8(14)9(12)13;/h2-3,8-9H,14H2,1H3;1H/t8-;/m0./s1. The van der Waals surface area contributed by atoms with Crippen LogP contribution in [0.2, 0.25) is 0 Å². The normalized spacial score (nSPS) is 12.5. The molecule has 6 heteroatoms. The van der Waals surface area contributed by atoms with E-state index in [9.17, 15) is 17.6 Å². The van der Waals surface area contributed by atoms with Crippen LogP contribution >= 0.6 is 12.4 Å². The van der Waals surface area contributed by atoms with Gasteiger partial charge in [0.2, 0.25) is 0 Å². The molecule has 0 aliphatic heterocycles. The Hall–Kier alpha value is -0.810. The van der Waals surface area contributed by atoms with Crippen LogP contribution in [0.15, 0.2) is 12.1 Å². The molecule has 0 spiro atoms. The molecule has 2 N–H and O–H groups in total. The quantitative estimate of drug-likeness (QED) is 0.794. The van der Waals surface area contributed by atoms with E-state index in [2.05, 4.69) is 0 Å². The average Bonchev–Trinajstić information content (AvgIpc) is 2.12. The molecule has 86 valence electrons. The Labute approximate surface area is 90.7 Å². The molecule has 1 nitrogen and oxygen atoms in total. The van der Waals surface area contributed by atoms with E-state index in [4.69, 9.17) is 5.73 Å². The van der Waals surface area contributed by atoms with Gasteiger partial charge in [0.05, 0.1) is 6.04 Å². The SMILES string of the molecule is Cc1ccc(F)c([C@H](N)C(F)F)c1F.Cl. The van der Waals surface area contributed by atoms with E-state index in [1.165, 1.54) is 13.0 Å². The van der Waals surface area contributed by atoms with E-state index in [1.807, 2.05) is 0 Å². The molecule has 1 rings (SSSR count). The Kier molecular flexibility index (Phi) is 5.03. The number of halogens is 5. The molecule has 0 fully saturated rings. The fraction of sp³-hybridized carbons (Fsp3) is 0.333. The molecule has 1 aromatic rings. The van der Waals surface area contributed by atoms with E-state index in [0.717, 1.165) is 6.07 Å². The molecule has 0 heterocycles. The fourth-order valence-electron chi connectivity index (χ4n) is 1.11. The molecule has 0 radical (unpaired) electrons. The molecule has 0 aliphatic carbocycles. The van der Waals surface area contributed by atoms with Gasteiger partial charge >= 0.3 is 0 Å². The number of nitrogens with two attached hydrogens (primary N) is 1. The van der Waals surface area contributed by atoms with E-state index in [1.54, 1.807) is 0 Å². The van der Waals surface area contributed by atoms with Gasteiger partial charge in [0, 0.05) is 5.56 Å². The van der Waals surface area contributed by atoms with Crippen molar-refractivity contribution in [2.45, 2.75) is 19.4 Å². The van der Waals surface area contributed by atoms with Crippen LogP contribution in [0.25, 0.3) is 0 Å². The summed E-state index contributed by atoms with van der Waals surface area (Å²) in [7, 11) is 0. The van der Waals surface area contributed by atoms with Crippen LogP contribution < -0.4 is 5.73 Å². The molecule has 0 saturated heterocycles. The second-order valence-electron chi connectivity index (χ2n) is 2.95. The van der Waals surface area contributed by atoms with Crippen LogP contribution in [0.4, 0.5) is 17.6 Å². The van der Waals surface area contributed by atoms with Crippen molar-refractivity contribution in [3.8, 4) is 0 Å². The Balaban J connectivity index is 0.00000196. The summed E-state index contributed by atoms with van der Waals surface area (Å²) in [5, 5.41) is 0. The van der Waals surface area contributed by atoms with Gasteiger partial charge in [0.25, 0.3) is 6.43 Å². The Morgan fingerprint density at radius 2 is 1.73 bits per heavy atom. The van der Waals surface area contributed by atoms with Crippen molar-refractivity contribution in [1.82, 2.24) is 0 Å². The fourth-order valence-corrected chi connectivity index (χ4v) is 1.11. The lowest BCUT2D eigenvalue weighted by Crippen LogP contribution is -2.22. The summed E-state index contributed by atoms with van der Waals surface area (Å²) in [6, 6.07) is 0.178. The van der Waals surface area contributed by atoms with Gasteiger partial charge in [-0.15, -0.1) is 12.4 Å². The second-order valence-corrected chi connectivity index (χ2v) is 2.95. The highest BCUT2D eigenvalue weighted by molar-refractivity contribution is 5.85. The molecule has 0 aliphatic rings. The maximum absolute atomic E-state index is 13.2. The summed E-state index contributed by atoms with van der Waals surface area (Å²) in [6.45, 7) is 1.36. The van der Waals surface area contributed by atoms with Crippen molar-refractivity contribution in [2.24, 2.45) is 5.73 Å². The van der Waals surface area contributed by atoms with Gasteiger partial charge in [0.1, 0.15) is 11.6 Å². The first-order valence-electron chi connectivity index (χ1n) is 3.93. The molecule has 0 bridgehead atoms. The number of hydrogen-bond acceptors (Lipinski definition) is 1. The molecular weight excluding hydrogens is 234 g/mol. The van der Waals surface area contributed by atoms with Gasteiger partial charge in [-0.1, -0.05) is 6.07 Å². The highest BCUT2D eigenvalue weighted by Crippen LogP contribution is 2.25. The zero-order valence-electron chi connectivity index (χ0n) is 7.81. The molecule has 0 unspecified atom stereocenters. The number of alkyl halides is 2. The van der Waals surface area contributed by atoms with Crippen molar-refractivity contribution in [1.29, 1.82) is 0 Å². The number of rotatable bonds is 2. The van der Waals surface area contributed by atoms with Crippen LogP contribution in [0.3, 0.4) is 0 Å². The summed E-state index contributed by atoms with van der Waals surface area (Å²) in [5.74, 6) is -2.04. The maximum atomic E-state index is 13.2. The predicted molar refractivity (Wildman–Crippen MR) is 51.3 cm³/mol. The molecular formula is C9H10ClF4N. The first-order chi connectivity index (χ1) is 6.45. The summed E-state index contributed by atoms with van der Waals surface area (Å²) in [4.78, 5) is 0.